The highest BCUT2D eigenvalue weighted by Crippen LogP contribution is 2.50. The van der Waals surface area contributed by atoms with Crippen molar-refractivity contribution in [1.29, 1.82) is 0 Å². The van der Waals surface area contributed by atoms with E-state index in [1.165, 1.54) is 37.4 Å². The fourth-order valence-corrected chi connectivity index (χ4v) is 7.28. The molecule has 0 radical (unpaired) electrons. The van der Waals surface area contributed by atoms with Gasteiger partial charge in [-0.2, -0.15) is 26.3 Å². The third-order valence-corrected chi connectivity index (χ3v) is 11.0. The topological polar surface area (TPSA) is 354 Å². The van der Waals surface area contributed by atoms with E-state index in [0.29, 0.717) is 34.8 Å². The number of nitrogen functional groups attached to an aromatic ring is 1. The maximum absolute atomic E-state index is 12.5. The molecule has 0 bridgehead atoms. The second kappa shape index (κ2) is 22.8. The first-order chi connectivity index (χ1) is 28.1. The van der Waals surface area contributed by atoms with Crippen LogP contribution in [-0.2, 0) is 72.1 Å². The molecule has 31 heteroatoms. The van der Waals surface area contributed by atoms with Crippen molar-refractivity contribution in [2.45, 2.75) is 26.5 Å². The number of phenols is 1. The van der Waals surface area contributed by atoms with Crippen LogP contribution in [0.3, 0.4) is 0 Å². The average Bonchev–Trinajstić information content (AvgIpc) is 3.18. The monoisotopic (exact) mass is 947 g/mol. The highest BCUT2D eigenvalue weighted by atomic mass is 32.3. The minimum Gasteiger partial charge on any atom is -0.505 e. The van der Waals surface area contributed by atoms with Gasteiger partial charge in [0.05, 0.1) is 77.6 Å². The molecule has 0 aliphatic carbocycles. The fraction of sp³-hybridized carbons (Fsp3) is 0.214. The average molecular weight is 948 g/mol. The Labute approximate surface area is 348 Å². The summed E-state index contributed by atoms with van der Waals surface area (Å²) >= 11 is -0.561. The summed E-state index contributed by atoms with van der Waals surface area (Å²) in [6.07, 6.45) is 0. The normalized spacial score (nSPS) is 12.9. The summed E-state index contributed by atoms with van der Waals surface area (Å²) in [5.74, 6) is -0.501. The lowest BCUT2D eigenvalue weighted by atomic mass is 10.1. The number of aromatic hydroxyl groups is 1. The van der Waals surface area contributed by atoms with Gasteiger partial charge in [-0.25, -0.2) is 23.8 Å². The SMILES string of the molecule is COc1cc(SOOCCOSOOO)c(C)cc1N=Nc1c(SOOO)cc2cc(S(=O)(=O)O)c(N=Nc3ccc(S(=O)OCCOS(=O)(=O)O)cc3)c(N)c2c1O. The van der Waals surface area contributed by atoms with Gasteiger partial charge in [-0.3, -0.25) is 17.5 Å². The largest absolute Gasteiger partial charge is 0.505 e. The number of benzene rings is 4. The number of hydrogen-bond donors (Lipinski definition) is 6. The predicted molar refractivity (Wildman–Crippen MR) is 204 cm³/mol. The Bertz CT molecular complexity index is 2390. The molecule has 1 unspecified atom stereocenters. The lowest BCUT2D eigenvalue weighted by molar-refractivity contribution is -0.434. The van der Waals surface area contributed by atoms with Gasteiger partial charge in [-0.1, -0.05) is 10.1 Å². The van der Waals surface area contributed by atoms with E-state index in [9.17, 15) is 30.7 Å². The standard InChI is InChI=1S/C28H29N5O20S6/c1-15-11-19(20(44-2)14-21(15)54-51-45-7-8-46-56-53-50-36)31-32-26-22(55-52-49-35)12-16-13-23(58(38,39)40)27(25(29)24(16)28(26)34)33-30-17-3-5-18(6-4-17)57(37)47-9-10-48-59(41,42)43/h3-6,11-14,34-36H,7-10,29H2,1-2H3,(H,38,39,40)(H,41,42,43). The molecule has 7 N–H and O–H groups in total. The molecule has 0 amide bonds. The number of hydrogen-bond acceptors (Lipinski definition) is 26. The minimum atomic E-state index is -5.05. The van der Waals surface area contributed by atoms with Crippen LogP contribution in [0.4, 0.5) is 28.4 Å². The van der Waals surface area contributed by atoms with Gasteiger partial charge in [0.2, 0.25) is 0 Å². The first kappa shape index (κ1) is 48.0. The van der Waals surface area contributed by atoms with Crippen molar-refractivity contribution in [2.75, 3.05) is 39.3 Å². The zero-order valence-electron chi connectivity index (χ0n) is 29.6. The van der Waals surface area contributed by atoms with Crippen molar-refractivity contribution < 1.29 is 91.0 Å². The third kappa shape index (κ3) is 14.2. The van der Waals surface area contributed by atoms with Gasteiger partial charge in [0.25, 0.3) is 10.1 Å². The summed E-state index contributed by atoms with van der Waals surface area (Å²) in [5.41, 5.74) is 5.78. The van der Waals surface area contributed by atoms with Gasteiger partial charge in [-0.15, -0.1) is 24.0 Å². The highest BCUT2D eigenvalue weighted by molar-refractivity contribution is 7.95. The molecule has 0 aliphatic heterocycles. The number of nitrogens with zero attached hydrogens (tertiary/aromatic N) is 4. The molecule has 4 aromatic rings. The number of rotatable bonds is 24. The van der Waals surface area contributed by atoms with Crippen LogP contribution >= 0.6 is 36.4 Å². The third-order valence-electron chi connectivity index (χ3n) is 6.81. The number of anilines is 1. The highest BCUT2D eigenvalue weighted by Gasteiger charge is 2.26. The molecule has 1 atom stereocenters. The van der Waals surface area contributed by atoms with E-state index in [1.807, 2.05) is 0 Å². The molecule has 0 aromatic heterocycles. The maximum atomic E-state index is 12.5. The van der Waals surface area contributed by atoms with Crippen molar-refractivity contribution in [3.05, 3.63) is 54.1 Å². The van der Waals surface area contributed by atoms with Crippen molar-refractivity contribution in [2.24, 2.45) is 20.5 Å². The van der Waals surface area contributed by atoms with Gasteiger partial charge in [-0.05, 0) is 66.4 Å². The van der Waals surface area contributed by atoms with Crippen LogP contribution in [0.15, 0.2) is 88.6 Å². The molecule has 0 saturated carbocycles. The number of nitrogens with two attached hydrogens (primary N) is 1. The van der Waals surface area contributed by atoms with Gasteiger partial charge in [0, 0.05) is 4.90 Å². The number of ether oxygens (including phenoxy) is 1. The summed E-state index contributed by atoms with van der Waals surface area (Å²) in [6.45, 7) is 0.624. The number of phenolic OH excluding ortho intramolecular Hbond substituents is 1. The van der Waals surface area contributed by atoms with Crippen molar-refractivity contribution >= 4 is 107 Å². The molecule has 0 saturated heterocycles. The summed E-state index contributed by atoms with van der Waals surface area (Å²) in [5, 5.41) is 51.4. The van der Waals surface area contributed by atoms with Gasteiger partial charge in [0.15, 0.2) is 29.2 Å². The van der Waals surface area contributed by atoms with E-state index >= 15 is 0 Å². The molecular formula is C28H29N5O20S6. The van der Waals surface area contributed by atoms with Crippen LogP contribution in [0.1, 0.15) is 5.56 Å². The van der Waals surface area contributed by atoms with Gasteiger partial charge < -0.3 is 15.6 Å². The number of methoxy groups -OCH3 is 1. The van der Waals surface area contributed by atoms with E-state index in [4.69, 9.17) is 43.1 Å². The van der Waals surface area contributed by atoms with E-state index < -0.39 is 66.8 Å². The molecule has 59 heavy (non-hydrogen) atoms. The Morgan fingerprint density at radius 1 is 0.814 bits per heavy atom. The second-order valence-electron chi connectivity index (χ2n) is 10.5. The lowest BCUT2D eigenvalue weighted by Crippen LogP contribution is -2.11. The van der Waals surface area contributed by atoms with E-state index in [2.05, 4.69) is 43.4 Å². The van der Waals surface area contributed by atoms with E-state index in [1.54, 1.807) is 19.1 Å². The first-order valence-corrected chi connectivity index (χ1v) is 21.4. The van der Waals surface area contributed by atoms with Crippen molar-refractivity contribution in [3.63, 3.8) is 0 Å². The maximum Gasteiger partial charge on any atom is 0.397 e. The summed E-state index contributed by atoms with van der Waals surface area (Å²) in [4.78, 5) is 4.71. The first-order valence-electron chi connectivity index (χ1n) is 15.3. The van der Waals surface area contributed by atoms with Crippen LogP contribution < -0.4 is 10.5 Å². The molecule has 0 spiro atoms. The summed E-state index contributed by atoms with van der Waals surface area (Å²) < 4.78 is 110. The molecule has 0 aliphatic rings. The Balaban J connectivity index is 1.66. The second-order valence-corrected chi connectivity index (χ2v) is 16.2. The van der Waals surface area contributed by atoms with Crippen LogP contribution in [0, 0.1) is 6.92 Å². The Kier molecular flexibility index (Phi) is 18.5. The molecule has 25 nitrogen and oxygen atoms in total. The molecule has 4 rings (SSSR count). The quantitative estimate of drug-likeness (QED) is 0.00802. The van der Waals surface area contributed by atoms with E-state index in [0.717, 1.165) is 18.1 Å². The molecule has 0 fully saturated rings. The van der Waals surface area contributed by atoms with E-state index in [-0.39, 0.29) is 56.6 Å². The van der Waals surface area contributed by atoms with Crippen molar-refractivity contribution in [1.82, 2.24) is 0 Å². The molecule has 0 heterocycles. The van der Waals surface area contributed by atoms with Gasteiger partial charge in [0.1, 0.15) is 34.3 Å². The Morgan fingerprint density at radius 3 is 2.17 bits per heavy atom. The van der Waals surface area contributed by atoms with Crippen LogP contribution in [0.2, 0.25) is 0 Å². The van der Waals surface area contributed by atoms with Crippen LogP contribution in [0.5, 0.6) is 11.5 Å². The van der Waals surface area contributed by atoms with Crippen LogP contribution in [0.25, 0.3) is 10.8 Å². The molecular weight excluding hydrogens is 919 g/mol. The Hall–Kier alpha value is -3.68. The summed E-state index contributed by atoms with van der Waals surface area (Å²) in [6, 6.07) is 10.5. The Morgan fingerprint density at radius 2 is 1.51 bits per heavy atom. The fourth-order valence-electron chi connectivity index (χ4n) is 4.39. The van der Waals surface area contributed by atoms with Crippen molar-refractivity contribution in [3.8, 4) is 11.5 Å². The molecule has 322 valence electrons. The zero-order chi connectivity index (χ0) is 43.2. The summed E-state index contributed by atoms with van der Waals surface area (Å²) in [7, 11) is -8.41. The predicted octanol–water partition coefficient (Wildman–Crippen LogP) is 6.77. The number of azo groups is 2. The smallest absolute Gasteiger partial charge is 0.397 e. The number of fused-ring (bicyclic) bond motifs is 1. The minimum absolute atomic E-state index is 0.00945. The van der Waals surface area contributed by atoms with Gasteiger partial charge >= 0.3 is 10.4 Å². The lowest BCUT2D eigenvalue weighted by Gasteiger charge is -2.14. The zero-order valence-corrected chi connectivity index (χ0v) is 34.5. The molecule has 4 aromatic carbocycles. The van der Waals surface area contributed by atoms with Crippen LogP contribution in [-0.4, -0.2) is 79.3 Å². The number of aryl methyl sites for hydroxylation is 1.